The van der Waals surface area contributed by atoms with E-state index >= 15 is 0 Å². The molecule has 3 atom stereocenters. The molecule has 1 unspecified atom stereocenters. The van der Waals surface area contributed by atoms with Crippen molar-refractivity contribution in [2.24, 2.45) is 11.1 Å². The molecule has 1 aromatic heterocycles. The van der Waals surface area contributed by atoms with Crippen molar-refractivity contribution < 1.29 is 13.9 Å². The molecule has 0 aliphatic carbocycles. The van der Waals surface area contributed by atoms with E-state index in [0.29, 0.717) is 17.4 Å². The number of carbonyl (C=O) groups is 1. The van der Waals surface area contributed by atoms with Crippen LogP contribution in [0.2, 0.25) is 5.02 Å². The summed E-state index contributed by atoms with van der Waals surface area (Å²) in [5, 5.41) is 3.73. The number of rotatable bonds is 10. The zero-order valence-electron chi connectivity index (χ0n) is 20.7. The van der Waals surface area contributed by atoms with Crippen molar-refractivity contribution in [2.75, 3.05) is 13.7 Å². The quantitative estimate of drug-likeness (QED) is 0.403. The molecule has 3 N–H and O–H groups in total. The molecule has 35 heavy (non-hydrogen) atoms. The number of nitrogens with two attached hydrogens (primary N) is 1. The van der Waals surface area contributed by atoms with Crippen molar-refractivity contribution >= 4 is 17.5 Å². The second-order valence-corrected chi connectivity index (χ2v) is 10.1. The van der Waals surface area contributed by atoms with Crippen LogP contribution in [0.5, 0.6) is 0 Å². The Morgan fingerprint density at radius 1 is 1.20 bits per heavy atom. The standard InChI is InChI=1S/C27H34ClFN4O2/c1-27(2,3)24(32-26(34)23(35-4)14-21(29)15-30)25-31-22(19-10-6-5-7-11-19)17-33(25)16-18-9-8-12-20(28)13-18/h5-13,17,21,23-24H,14-16,30H2,1-4H3,(H,32,34)/t21-,23?,24+/m1/s1. The summed E-state index contributed by atoms with van der Waals surface area (Å²) in [6, 6.07) is 17.0. The summed E-state index contributed by atoms with van der Waals surface area (Å²) in [5.74, 6) is 0.289. The Labute approximate surface area is 211 Å². The normalized spacial score (nSPS) is 14.4. The number of halogens is 2. The summed E-state index contributed by atoms with van der Waals surface area (Å²) >= 11 is 6.22. The molecule has 6 nitrogen and oxygen atoms in total. The highest BCUT2D eigenvalue weighted by Gasteiger charge is 2.34. The highest BCUT2D eigenvalue weighted by Crippen LogP contribution is 2.34. The Kier molecular flexibility index (Phi) is 9.05. The fourth-order valence-electron chi connectivity index (χ4n) is 3.91. The van der Waals surface area contributed by atoms with Gasteiger partial charge in [0.15, 0.2) is 0 Å². The van der Waals surface area contributed by atoms with E-state index in [1.165, 1.54) is 7.11 Å². The van der Waals surface area contributed by atoms with Crippen LogP contribution in [0, 0.1) is 5.41 Å². The van der Waals surface area contributed by atoms with Crippen molar-refractivity contribution in [3.63, 3.8) is 0 Å². The molecule has 0 saturated heterocycles. The molecule has 2 aromatic carbocycles. The molecule has 3 rings (SSSR count). The average Bonchev–Trinajstić information content (AvgIpc) is 3.23. The number of imidazole rings is 1. The first-order chi connectivity index (χ1) is 16.6. The lowest BCUT2D eigenvalue weighted by Gasteiger charge is -2.32. The number of hydrogen-bond acceptors (Lipinski definition) is 4. The lowest BCUT2D eigenvalue weighted by molar-refractivity contribution is -0.134. The van der Waals surface area contributed by atoms with E-state index in [1.54, 1.807) is 0 Å². The Hall–Kier alpha value is -2.74. The lowest BCUT2D eigenvalue weighted by Crippen LogP contribution is -2.45. The van der Waals surface area contributed by atoms with Crippen LogP contribution in [-0.2, 0) is 16.1 Å². The van der Waals surface area contributed by atoms with Gasteiger partial charge >= 0.3 is 0 Å². The van der Waals surface area contributed by atoms with Gasteiger partial charge in [0.05, 0.1) is 11.7 Å². The second kappa shape index (κ2) is 11.8. The third-order valence-electron chi connectivity index (χ3n) is 5.83. The summed E-state index contributed by atoms with van der Waals surface area (Å²) in [7, 11) is 1.40. The topological polar surface area (TPSA) is 82.2 Å². The molecule has 0 spiro atoms. The minimum atomic E-state index is -1.33. The number of nitrogens with one attached hydrogen (secondary N) is 1. The molecule has 188 valence electrons. The molecule has 1 heterocycles. The minimum absolute atomic E-state index is 0.109. The third-order valence-corrected chi connectivity index (χ3v) is 6.07. The number of ether oxygens (including phenoxy) is 1. The van der Waals surface area contributed by atoms with Gasteiger partial charge in [0.1, 0.15) is 18.1 Å². The minimum Gasteiger partial charge on any atom is -0.372 e. The van der Waals surface area contributed by atoms with Crippen molar-refractivity contribution in [3.05, 3.63) is 77.2 Å². The second-order valence-electron chi connectivity index (χ2n) is 9.71. The molecule has 1 amide bonds. The third kappa shape index (κ3) is 7.13. The van der Waals surface area contributed by atoms with Gasteiger partial charge in [0, 0.05) is 43.4 Å². The molecule has 8 heteroatoms. The first-order valence-electron chi connectivity index (χ1n) is 11.7. The maximum Gasteiger partial charge on any atom is 0.249 e. The fraction of sp³-hybridized carbons (Fsp3) is 0.407. The summed E-state index contributed by atoms with van der Waals surface area (Å²) in [5.41, 5.74) is 7.78. The fourth-order valence-corrected chi connectivity index (χ4v) is 4.12. The largest absolute Gasteiger partial charge is 0.372 e. The Morgan fingerprint density at radius 2 is 1.91 bits per heavy atom. The zero-order chi connectivity index (χ0) is 25.6. The molecule has 0 fully saturated rings. The van der Waals surface area contributed by atoms with Gasteiger partial charge in [0.25, 0.3) is 0 Å². The number of aromatic nitrogens is 2. The Balaban J connectivity index is 2.02. The van der Waals surface area contributed by atoms with Crippen LogP contribution < -0.4 is 11.1 Å². The van der Waals surface area contributed by atoms with E-state index in [4.69, 9.17) is 27.1 Å². The number of alkyl halides is 1. The Morgan fingerprint density at radius 3 is 2.51 bits per heavy atom. The van der Waals surface area contributed by atoms with Gasteiger partial charge in [-0.25, -0.2) is 9.37 Å². The van der Waals surface area contributed by atoms with Gasteiger partial charge in [-0.1, -0.05) is 74.8 Å². The maximum absolute atomic E-state index is 13.9. The molecule has 0 radical (unpaired) electrons. The molecule has 0 aliphatic rings. The summed E-state index contributed by atoms with van der Waals surface area (Å²) in [4.78, 5) is 18.1. The highest BCUT2D eigenvalue weighted by atomic mass is 35.5. The number of nitrogens with zero attached hydrogens (tertiary/aromatic N) is 2. The molecule has 0 aliphatic heterocycles. The van der Waals surface area contributed by atoms with Crippen molar-refractivity contribution in [1.29, 1.82) is 0 Å². The van der Waals surface area contributed by atoms with Gasteiger partial charge in [-0.05, 0) is 23.1 Å². The Bertz CT molecular complexity index is 1110. The van der Waals surface area contributed by atoms with Crippen LogP contribution in [0.3, 0.4) is 0 Å². The van der Waals surface area contributed by atoms with E-state index in [2.05, 4.69) is 5.32 Å². The maximum atomic E-state index is 13.9. The smallest absolute Gasteiger partial charge is 0.249 e. The van der Waals surface area contributed by atoms with Crippen LogP contribution in [0.15, 0.2) is 60.8 Å². The number of methoxy groups -OCH3 is 1. The predicted octanol–water partition coefficient (Wildman–Crippen LogP) is 5.16. The lowest BCUT2D eigenvalue weighted by atomic mass is 9.85. The van der Waals surface area contributed by atoms with Crippen LogP contribution in [-0.4, -0.2) is 41.4 Å². The van der Waals surface area contributed by atoms with E-state index in [-0.39, 0.29) is 13.0 Å². The van der Waals surface area contributed by atoms with Gasteiger partial charge in [-0.2, -0.15) is 0 Å². The number of carbonyl (C=O) groups excluding carboxylic acids is 1. The molecule has 3 aromatic rings. The van der Waals surface area contributed by atoms with Crippen molar-refractivity contribution in [1.82, 2.24) is 14.9 Å². The average molecular weight is 501 g/mol. The number of benzene rings is 2. The zero-order valence-corrected chi connectivity index (χ0v) is 21.4. The number of amides is 1. The molecular weight excluding hydrogens is 467 g/mol. The van der Waals surface area contributed by atoms with Gasteiger partial charge in [-0.3, -0.25) is 4.79 Å². The van der Waals surface area contributed by atoms with E-state index in [0.717, 1.165) is 16.8 Å². The van der Waals surface area contributed by atoms with Crippen LogP contribution in [0.25, 0.3) is 11.3 Å². The van der Waals surface area contributed by atoms with E-state index in [9.17, 15) is 9.18 Å². The first kappa shape index (κ1) is 26.9. The van der Waals surface area contributed by atoms with Crippen LogP contribution in [0.1, 0.15) is 44.6 Å². The monoisotopic (exact) mass is 500 g/mol. The molecule has 0 saturated carbocycles. The predicted molar refractivity (Wildman–Crippen MR) is 138 cm³/mol. The van der Waals surface area contributed by atoms with Crippen molar-refractivity contribution in [2.45, 2.75) is 52.1 Å². The molecule has 0 bridgehead atoms. The number of hydrogen-bond donors (Lipinski definition) is 2. The van der Waals surface area contributed by atoms with Gasteiger partial charge < -0.3 is 20.4 Å². The van der Waals surface area contributed by atoms with Gasteiger partial charge in [-0.15, -0.1) is 0 Å². The molecular formula is C27H34ClFN4O2. The SMILES string of the molecule is COC(C[C@@H](F)CN)C(=O)N[C@@H](c1nc(-c2ccccc2)cn1Cc1cccc(Cl)c1)C(C)(C)C. The van der Waals surface area contributed by atoms with Crippen LogP contribution >= 0.6 is 11.6 Å². The summed E-state index contributed by atoms with van der Waals surface area (Å²) < 4.78 is 21.3. The summed E-state index contributed by atoms with van der Waals surface area (Å²) in [6.07, 6.45) is -0.408. The summed E-state index contributed by atoms with van der Waals surface area (Å²) in [6.45, 7) is 6.43. The van der Waals surface area contributed by atoms with E-state index in [1.807, 2.05) is 86.1 Å². The first-order valence-corrected chi connectivity index (χ1v) is 12.0. The highest BCUT2D eigenvalue weighted by molar-refractivity contribution is 6.30. The van der Waals surface area contributed by atoms with Crippen molar-refractivity contribution in [3.8, 4) is 11.3 Å². The van der Waals surface area contributed by atoms with E-state index < -0.39 is 29.6 Å². The van der Waals surface area contributed by atoms with Gasteiger partial charge in [0.2, 0.25) is 5.91 Å². The van der Waals surface area contributed by atoms with Crippen LogP contribution in [0.4, 0.5) is 4.39 Å².